The van der Waals surface area contributed by atoms with E-state index in [4.69, 9.17) is 4.74 Å². The molecule has 0 aromatic heterocycles. The number of carbonyl (C=O) groups excluding carboxylic acids is 1. The van der Waals surface area contributed by atoms with Gasteiger partial charge in [0.2, 0.25) is 5.90 Å². The fourth-order valence-electron chi connectivity index (χ4n) is 2.40. The van der Waals surface area contributed by atoms with Gasteiger partial charge in [0.1, 0.15) is 5.82 Å². The second kappa shape index (κ2) is 5.53. The molecule has 1 aromatic rings. The number of benzene rings is 1. The molecule has 0 fully saturated rings. The first kappa shape index (κ1) is 13.0. The molecule has 2 aliphatic rings. The number of rotatable bonds is 2. The van der Waals surface area contributed by atoms with E-state index < -0.39 is 6.04 Å². The van der Waals surface area contributed by atoms with Crippen molar-refractivity contribution in [3.63, 3.8) is 0 Å². The number of nitrogens with zero attached hydrogens (tertiary/aromatic N) is 2. The molecule has 20 heavy (non-hydrogen) atoms. The maximum absolute atomic E-state index is 12.9. The van der Waals surface area contributed by atoms with E-state index in [1.807, 2.05) is 0 Å². The van der Waals surface area contributed by atoms with Gasteiger partial charge in [-0.3, -0.25) is 4.99 Å². The van der Waals surface area contributed by atoms with Crippen LogP contribution in [-0.4, -0.2) is 30.2 Å². The molecule has 2 heterocycles. The SMILES string of the molecule is O=C1OC(c2ccc(F)cc2)=N[C@H]1C1=NCCCCC1. The highest BCUT2D eigenvalue weighted by Gasteiger charge is 2.33. The number of esters is 1. The summed E-state index contributed by atoms with van der Waals surface area (Å²) in [5.74, 6) is -0.458. The van der Waals surface area contributed by atoms with Gasteiger partial charge >= 0.3 is 5.97 Å². The average molecular weight is 274 g/mol. The van der Waals surface area contributed by atoms with Gasteiger partial charge < -0.3 is 4.74 Å². The number of cyclic esters (lactones) is 1. The fraction of sp³-hybridized carbons (Fsp3) is 0.400. The second-order valence-corrected chi connectivity index (χ2v) is 4.95. The Morgan fingerprint density at radius 1 is 1.15 bits per heavy atom. The molecule has 0 saturated heterocycles. The normalized spacial score (nSPS) is 22.9. The van der Waals surface area contributed by atoms with Gasteiger partial charge in [0.25, 0.3) is 0 Å². The lowest BCUT2D eigenvalue weighted by molar-refractivity contribution is -0.133. The van der Waals surface area contributed by atoms with E-state index >= 15 is 0 Å². The molecule has 5 heteroatoms. The van der Waals surface area contributed by atoms with Crippen molar-refractivity contribution in [2.45, 2.75) is 31.7 Å². The van der Waals surface area contributed by atoms with Gasteiger partial charge in [-0.1, -0.05) is 6.42 Å². The molecule has 0 amide bonds. The van der Waals surface area contributed by atoms with E-state index in [1.54, 1.807) is 12.1 Å². The Hall–Kier alpha value is -2.04. The minimum atomic E-state index is -0.617. The monoisotopic (exact) mass is 274 g/mol. The summed E-state index contributed by atoms with van der Waals surface area (Å²) in [5.41, 5.74) is 1.42. The van der Waals surface area contributed by atoms with E-state index in [0.717, 1.165) is 37.9 Å². The summed E-state index contributed by atoms with van der Waals surface area (Å²) < 4.78 is 18.1. The lowest BCUT2D eigenvalue weighted by Gasteiger charge is -2.05. The number of aliphatic imine (C=N–C) groups is 2. The zero-order valence-electron chi connectivity index (χ0n) is 11.0. The van der Waals surface area contributed by atoms with E-state index in [-0.39, 0.29) is 17.7 Å². The summed E-state index contributed by atoms with van der Waals surface area (Å²) in [6, 6.07) is 5.13. The molecule has 3 rings (SSSR count). The molecule has 1 atom stereocenters. The summed E-state index contributed by atoms with van der Waals surface area (Å²) in [6.45, 7) is 0.751. The fourth-order valence-corrected chi connectivity index (χ4v) is 2.40. The minimum Gasteiger partial charge on any atom is -0.405 e. The average Bonchev–Trinajstić information content (AvgIpc) is 2.67. The predicted molar refractivity (Wildman–Crippen MR) is 73.6 cm³/mol. The Bertz CT molecular complexity index is 578. The highest BCUT2D eigenvalue weighted by Crippen LogP contribution is 2.19. The van der Waals surface area contributed by atoms with Crippen molar-refractivity contribution in [3.8, 4) is 0 Å². The van der Waals surface area contributed by atoms with Crippen LogP contribution in [0.25, 0.3) is 0 Å². The molecular weight excluding hydrogens is 259 g/mol. The maximum atomic E-state index is 12.9. The van der Waals surface area contributed by atoms with E-state index in [0.29, 0.717) is 5.56 Å². The Labute approximate surface area is 116 Å². The van der Waals surface area contributed by atoms with Crippen LogP contribution in [0, 0.1) is 5.82 Å². The smallest absolute Gasteiger partial charge is 0.343 e. The lowest BCUT2D eigenvalue weighted by atomic mass is 10.1. The van der Waals surface area contributed by atoms with Crippen molar-refractivity contribution in [2.75, 3.05) is 6.54 Å². The number of ether oxygens (including phenoxy) is 1. The summed E-state index contributed by atoms with van der Waals surface area (Å²) in [7, 11) is 0. The Morgan fingerprint density at radius 2 is 1.95 bits per heavy atom. The third-order valence-electron chi connectivity index (χ3n) is 3.48. The number of carbonyl (C=O) groups is 1. The summed E-state index contributed by atoms with van der Waals surface area (Å²) in [5, 5.41) is 0. The van der Waals surface area contributed by atoms with Crippen molar-refractivity contribution in [3.05, 3.63) is 35.6 Å². The minimum absolute atomic E-state index is 0.256. The molecule has 0 radical (unpaired) electrons. The summed E-state index contributed by atoms with van der Waals surface area (Å²) in [4.78, 5) is 20.7. The molecule has 2 aliphatic heterocycles. The van der Waals surface area contributed by atoms with Gasteiger partial charge in [0, 0.05) is 17.8 Å². The highest BCUT2D eigenvalue weighted by molar-refractivity contribution is 6.16. The molecule has 1 aromatic carbocycles. The molecule has 0 unspecified atom stereocenters. The van der Waals surface area contributed by atoms with Gasteiger partial charge in [-0.15, -0.1) is 0 Å². The van der Waals surface area contributed by atoms with E-state index in [9.17, 15) is 9.18 Å². The largest absolute Gasteiger partial charge is 0.405 e. The van der Waals surface area contributed by atoms with Gasteiger partial charge in [0.05, 0.1) is 0 Å². The number of halogens is 1. The van der Waals surface area contributed by atoms with Crippen molar-refractivity contribution in [1.29, 1.82) is 0 Å². The molecule has 104 valence electrons. The van der Waals surface area contributed by atoms with Gasteiger partial charge in [-0.2, -0.15) is 0 Å². The summed E-state index contributed by atoms with van der Waals surface area (Å²) >= 11 is 0. The van der Waals surface area contributed by atoms with Crippen LogP contribution in [-0.2, 0) is 9.53 Å². The Balaban J connectivity index is 1.84. The van der Waals surface area contributed by atoms with Crippen molar-refractivity contribution in [1.82, 2.24) is 0 Å². The van der Waals surface area contributed by atoms with Crippen LogP contribution < -0.4 is 0 Å². The van der Waals surface area contributed by atoms with Crippen LogP contribution in [0.2, 0.25) is 0 Å². The van der Waals surface area contributed by atoms with Gasteiger partial charge in [-0.25, -0.2) is 14.2 Å². The first-order chi connectivity index (χ1) is 9.74. The van der Waals surface area contributed by atoms with Crippen LogP contribution in [0.15, 0.2) is 34.3 Å². The Morgan fingerprint density at radius 3 is 2.75 bits per heavy atom. The van der Waals surface area contributed by atoms with Crippen molar-refractivity contribution < 1.29 is 13.9 Å². The molecule has 0 saturated carbocycles. The zero-order chi connectivity index (χ0) is 13.9. The predicted octanol–water partition coefficient (Wildman–Crippen LogP) is 2.51. The van der Waals surface area contributed by atoms with E-state index in [1.165, 1.54) is 12.1 Å². The topological polar surface area (TPSA) is 51.0 Å². The van der Waals surface area contributed by atoms with Crippen molar-refractivity contribution >= 4 is 17.6 Å². The van der Waals surface area contributed by atoms with Crippen LogP contribution in [0.1, 0.15) is 31.2 Å². The van der Waals surface area contributed by atoms with Crippen LogP contribution in [0.4, 0.5) is 4.39 Å². The van der Waals surface area contributed by atoms with Crippen LogP contribution >= 0.6 is 0 Å². The first-order valence-corrected chi connectivity index (χ1v) is 6.83. The molecular formula is C15H15FN2O2. The second-order valence-electron chi connectivity index (χ2n) is 4.95. The third kappa shape index (κ3) is 2.61. The number of hydrogen-bond acceptors (Lipinski definition) is 4. The van der Waals surface area contributed by atoms with Crippen molar-refractivity contribution in [2.24, 2.45) is 9.98 Å². The zero-order valence-corrected chi connectivity index (χ0v) is 11.0. The first-order valence-electron chi connectivity index (χ1n) is 6.83. The van der Waals surface area contributed by atoms with E-state index in [2.05, 4.69) is 9.98 Å². The highest BCUT2D eigenvalue weighted by atomic mass is 19.1. The lowest BCUT2D eigenvalue weighted by Crippen LogP contribution is -2.25. The number of hydrogen-bond donors (Lipinski definition) is 0. The molecule has 0 bridgehead atoms. The molecule has 0 N–H and O–H groups in total. The Kier molecular flexibility index (Phi) is 3.58. The quantitative estimate of drug-likeness (QED) is 0.778. The van der Waals surface area contributed by atoms with Gasteiger partial charge in [0.15, 0.2) is 6.04 Å². The molecule has 4 nitrogen and oxygen atoms in total. The van der Waals surface area contributed by atoms with Crippen LogP contribution in [0.5, 0.6) is 0 Å². The summed E-state index contributed by atoms with van der Waals surface area (Å²) in [6.07, 6.45) is 4.01. The molecule has 0 aliphatic carbocycles. The van der Waals surface area contributed by atoms with Gasteiger partial charge in [-0.05, 0) is 43.5 Å². The van der Waals surface area contributed by atoms with Crippen LogP contribution in [0.3, 0.4) is 0 Å². The molecule has 0 spiro atoms. The third-order valence-corrected chi connectivity index (χ3v) is 3.48. The standard InChI is InChI=1S/C15H15FN2O2/c16-11-7-5-10(6-8-11)14-18-13(15(19)20-14)12-4-2-1-3-9-17-12/h5-8,13H,1-4,9H2/t13-/m0/s1. The maximum Gasteiger partial charge on any atom is 0.343 e.